The smallest absolute Gasteiger partial charge is 0.217 e. The molecule has 0 fully saturated rings. The monoisotopic (exact) mass is 120 g/mol. The van der Waals surface area contributed by atoms with Crippen LogP contribution in [0.1, 0.15) is 5.56 Å². The second-order valence-electron chi connectivity index (χ2n) is 1.97. The zero-order valence-corrected chi connectivity index (χ0v) is 4.92. The third-order valence-electron chi connectivity index (χ3n) is 1.37. The molecule has 9 heavy (non-hydrogen) atoms. The van der Waals surface area contributed by atoms with Crippen LogP contribution in [0.25, 0.3) is 0 Å². The summed E-state index contributed by atoms with van der Waals surface area (Å²) in [6, 6.07) is 4.87. The zero-order valence-electron chi connectivity index (χ0n) is 4.92. The highest BCUT2D eigenvalue weighted by Crippen LogP contribution is 2.19. The van der Waals surface area contributed by atoms with Gasteiger partial charge in [-0.05, 0) is 12.1 Å². The topological polar surface area (TPSA) is 22.1 Å². The normalized spacial score (nSPS) is 14.7. The molecule has 45 valence electrons. The van der Waals surface area contributed by atoms with Gasteiger partial charge in [0.25, 0.3) is 0 Å². The van der Waals surface area contributed by atoms with Gasteiger partial charge >= 0.3 is 0 Å². The summed E-state index contributed by atoms with van der Waals surface area (Å²) in [7, 11) is 0. The minimum absolute atomic E-state index is 0.762. The van der Waals surface area contributed by atoms with Crippen molar-refractivity contribution in [2.45, 2.75) is 6.42 Å². The molecule has 0 N–H and O–H groups in total. The summed E-state index contributed by atoms with van der Waals surface area (Å²) in [6.45, 7) is 0.767. The lowest BCUT2D eigenvalue weighted by Crippen LogP contribution is -1.87. The van der Waals surface area contributed by atoms with E-state index in [-0.39, 0.29) is 0 Å². The molecule has 2 heteroatoms. The molecule has 0 saturated carbocycles. The highest BCUT2D eigenvalue weighted by atomic mass is 16.5. The Balaban J connectivity index is 2.54. The van der Waals surface area contributed by atoms with Gasteiger partial charge in [-0.25, -0.2) is 4.98 Å². The van der Waals surface area contributed by atoms with Gasteiger partial charge in [0.2, 0.25) is 5.88 Å². The number of ether oxygens (including phenoxy) is 1. The Labute approximate surface area is 53.5 Å². The van der Waals surface area contributed by atoms with Gasteiger partial charge in [-0.3, -0.25) is 0 Å². The molecule has 2 rings (SSSR count). The van der Waals surface area contributed by atoms with Gasteiger partial charge in [-0.1, -0.05) is 0 Å². The van der Waals surface area contributed by atoms with E-state index in [9.17, 15) is 0 Å². The first-order valence-electron chi connectivity index (χ1n) is 2.95. The quantitative estimate of drug-likeness (QED) is 0.505. The molecule has 0 atom stereocenters. The molecule has 2 nitrogen and oxygen atoms in total. The third-order valence-corrected chi connectivity index (χ3v) is 1.37. The van der Waals surface area contributed by atoms with Crippen molar-refractivity contribution in [1.29, 1.82) is 0 Å². The third kappa shape index (κ3) is 0.669. The highest BCUT2D eigenvalue weighted by Gasteiger charge is 2.10. The molecular weight excluding hydrogens is 114 g/mol. The Morgan fingerprint density at radius 2 is 2.67 bits per heavy atom. The van der Waals surface area contributed by atoms with Gasteiger partial charge in [0, 0.05) is 18.2 Å². The van der Waals surface area contributed by atoms with Gasteiger partial charge in [-0.15, -0.1) is 0 Å². The minimum atomic E-state index is 0.762. The highest BCUT2D eigenvalue weighted by molar-refractivity contribution is 5.27. The van der Waals surface area contributed by atoms with E-state index in [0.717, 1.165) is 24.5 Å². The van der Waals surface area contributed by atoms with E-state index < -0.39 is 0 Å². The van der Waals surface area contributed by atoms with Crippen LogP contribution in [0.4, 0.5) is 0 Å². The molecule has 0 amide bonds. The Morgan fingerprint density at radius 1 is 1.67 bits per heavy atom. The molecule has 2 heterocycles. The maximum absolute atomic E-state index is 5.16. The van der Waals surface area contributed by atoms with Crippen LogP contribution in [-0.4, -0.2) is 11.6 Å². The molecule has 0 saturated heterocycles. The van der Waals surface area contributed by atoms with E-state index in [1.807, 2.05) is 6.07 Å². The van der Waals surface area contributed by atoms with Crippen molar-refractivity contribution in [1.82, 2.24) is 4.98 Å². The van der Waals surface area contributed by atoms with Gasteiger partial charge in [0.1, 0.15) is 0 Å². The molecular formula is C7H6NO. The van der Waals surface area contributed by atoms with E-state index in [1.165, 1.54) is 0 Å². The minimum Gasteiger partial charge on any atom is -0.477 e. The molecule has 1 aliphatic rings. The van der Waals surface area contributed by atoms with Crippen LogP contribution in [0.2, 0.25) is 0 Å². The van der Waals surface area contributed by atoms with Crippen LogP contribution in [0.15, 0.2) is 12.3 Å². The first-order valence-corrected chi connectivity index (χ1v) is 2.95. The zero-order chi connectivity index (χ0) is 6.10. The van der Waals surface area contributed by atoms with Crippen molar-refractivity contribution in [3.63, 3.8) is 0 Å². The molecule has 0 aromatic carbocycles. The fourth-order valence-electron chi connectivity index (χ4n) is 0.936. The maximum atomic E-state index is 5.16. The number of aromatic nitrogens is 1. The summed E-state index contributed by atoms with van der Waals surface area (Å²) in [5.74, 6) is 0.762. The first kappa shape index (κ1) is 4.79. The van der Waals surface area contributed by atoms with Gasteiger partial charge in [-0.2, -0.15) is 0 Å². The predicted molar refractivity (Wildman–Crippen MR) is 32.3 cm³/mol. The first-order chi connectivity index (χ1) is 4.47. The Bertz CT molecular complexity index is 199. The van der Waals surface area contributed by atoms with Crippen LogP contribution in [0.5, 0.6) is 5.88 Å². The van der Waals surface area contributed by atoms with E-state index in [2.05, 4.69) is 11.1 Å². The Hall–Kier alpha value is -1.05. The molecule has 1 aliphatic heterocycles. The number of hydrogen-bond donors (Lipinski definition) is 0. The summed E-state index contributed by atoms with van der Waals surface area (Å²) in [4.78, 5) is 4.01. The van der Waals surface area contributed by atoms with Crippen molar-refractivity contribution in [2.75, 3.05) is 6.61 Å². The summed E-state index contributed by atoms with van der Waals surface area (Å²) in [5.41, 5.74) is 1.11. The largest absolute Gasteiger partial charge is 0.477 e. The van der Waals surface area contributed by atoms with Gasteiger partial charge < -0.3 is 4.74 Å². The number of hydrogen-bond acceptors (Lipinski definition) is 2. The van der Waals surface area contributed by atoms with E-state index in [0.29, 0.717) is 0 Å². The lowest BCUT2D eigenvalue weighted by Gasteiger charge is -1.91. The van der Waals surface area contributed by atoms with Crippen molar-refractivity contribution in [3.8, 4) is 5.88 Å². The standard InChI is InChI=1S/C7H6NO/c1-2-6-3-5-9-7(6)8-4-1/h1,4H,3,5H2. The number of nitrogens with zero attached hydrogens (tertiary/aromatic N) is 1. The number of fused-ring (bicyclic) bond motifs is 1. The van der Waals surface area contributed by atoms with Gasteiger partial charge in [0.05, 0.1) is 6.61 Å². The SMILES string of the molecule is [c]1ccnc2c1CCO2. The lowest BCUT2D eigenvalue weighted by molar-refractivity contribution is 0.345. The van der Waals surface area contributed by atoms with Crippen molar-refractivity contribution >= 4 is 0 Å². The summed E-state index contributed by atoms with van der Waals surface area (Å²) in [6.07, 6.45) is 2.66. The van der Waals surface area contributed by atoms with Crippen LogP contribution in [-0.2, 0) is 6.42 Å². The average Bonchev–Trinajstić information content (AvgIpc) is 2.33. The maximum Gasteiger partial charge on any atom is 0.217 e. The summed E-state index contributed by atoms with van der Waals surface area (Å²) >= 11 is 0. The van der Waals surface area contributed by atoms with Crippen molar-refractivity contribution in [3.05, 3.63) is 23.9 Å². The lowest BCUT2D eigenvalue weighted by atomic mass is 10.2. The molecule has 1 radical (unpaired) electrons. The fourth-order valence-corrected chi connectivity index (χ4v) is 0.936. The second kappa shape index (κ2) is 1.72. The summed E-state index contributed by atoms with van der Waals surface area (Å²) in [5, 5.41) is 0. The molecule has 1 aromatic heterocycles. The van der Waals surface area contributed by atoms with Crippen LogP contribution < -0.4 is 4.74 Å². The predicted octanol–water partition coefficient (Wildman–Crippen LogP) is 0.817. The molecule has 0 spiro atoms. The average molecular weight is 120 g/mol. The van der Waals surface area contributed by atoms with Crippen molar-refractivity contribution in [2.24, 2.45) is 0 Å². The van der Waals surface area contributed by atoms with Gasteiger partial charge in [0.15, 0.2) is 0 Å². The second-order valence-corrected chi connectivity index (χ2v) is 1.97. The molecule has 0 bridgehead atoms. The van der Waals surface area contributed by atoms with Crippen molar-refractivity contribution < 1.29 is 4.74 Å². The Morgan fingerprint density at radius 3 is 3.56 bits per heavy atom. The number of pyridine rings is 1. The summed E-state index contributed by atoms with van der Waals surface area (Å²) < 4.78 is 5.16. The fraction of sp³-hybridized carbons (Fsp3) is 0.286. The number of rotatable bonds is 0. The van der Waals surface area contributed by atoms with Crippen LogP contribution in [0.3, 0.4) is 0 Å². The van der Waals surface area contributed by atoms with E-state index in [4.69, 9.17) is 4.74 Å². The van der Waals surface area contributed by atoms with Crippen LogP contribution >= 0.6 is 0 Å². The molecule has 0 unspecified atom stereocenters. The molecule has 1 aromatic rings. The van der Waals surface area contributed by atoms with Crippen LogP contribution in [0, 0.1) is 6.07 Å². The van der Waals surface area contributed by atoms with E-state index >= 15 is 0 Å². The van der Waals surface area contributed by atoms with E-state index in [1.54, 1.807) is 6.20 Å². The molecule has 0 aliphatic carbocycles. The Kier molecular flexibility index (Phi) is 0.918.